The van der Waals surface area contributed by atoms with Crippen molar-refractivity contribution in [1.82, 2.24) is 5.32 Å². The van der Waals surface area contributed by atoms with Gasteiger partial charge in [-0.15, -0.1) is 0 Å². The van der Waals surface area contributed by atoms with E-state index in [-0.39, 0.29) is 5.78 Å². The van der Waals surface area contributed by atoms with Crippen molar-refractivity contribution in [3.05, 3.63) is 23.7 Å². The molecule has 1 aromatic heterocycles. The van der Waals surface area contributed by atoms with Gasteiger partial charge >= 0.3 is 0 Å². The Morgan fingerprint density at radius 1 is 1.67 bits per heavy atom. The van der Waals surface area contributed by atoms with Crippen molar-refractivity contribution in [3.63, 3.8) is 0 Å². The molecule has 1 aromatic rings. The summed E-state index contributed by atoms with van der Waals surface area (Å²) in [5, 5.41) is 3.36. The van der Waals surface area contributed by atoms with Crippen LogP contribution in [0.3, 0.4) is 0 Å². The van der Waals surface area contributed by atoms with E-state index in [1.165, 1.54) is 0 Å². The molecule has 0 bridgehead atoms. The maximum atomic E-state index is 11.9. The minimum atomic E-state index is 0.182. The van der Waals surface area contributed by atoms with E-state index in [2.05, 4.69) is 5.32 Å². The van der Waals surface area contributed by atoms with E-state index in [1.807, 2.05) is 18.7 Å². The van der Waals surface area contributed by atoms with E-state index in [9.17, 15) is 4.79 Å². The number of hydrogen-bond acceptors (Lipinski definition) is 4. The number of carbonyl (C=O) groups excluding carboxylic acids is 1. The summed E-state index contributed by atoms with van der Waals surface area (Å²) in [4.78, 5) is 11.9. The monoisotopic (exact) mass is 225 g/mol. The highest BCUT2D eigenvalue weighted by Gasteiger charge is 2.19. The summed E-state index contributed by atoms with van der Waals surface area (Å²) in [6.45, 7) is 2.91. The van der Waals surface area contributed by atoms with E-state index >= 15 is 0 Å². The van der Waals surface area contributed by atoms with Crippen LogP contribution in [0.1, 0.15) is 22.3 Å². The number of nitrogens with one attached hydrogen (secondary N) is 1. The number of ketones is 1. The van der Waals surface area contributed by atoms with Crippen molar-refractivity contribution in [2.75, 3.05) is 18.1 Å². The second kappa shape index (κ2) is 4.86. The third-order valence-electron chi connectivity index (χ3n) is 2.59. The number of aryl methyl sites for hydroxylation is 1. The van der Waals surface area contributed by atoms with Gasteiger partial charge in [-0.05, 0) is 12.5 Å². The molecule has 0 saturated carbocycles. The molecule has 4 heteroatoms. The predicted molar refractivity (Wildman–Crippen MR) is 61.5 cm³/mol. The van der Waals surface area contributed by atoms with Crippen LogP contribution in [0.4, 0.5) is 0 Å². The van der Waals surface area contributed by atoms with Crippen molar-refractivity contribution < 1.29 is 9.21 Å². The smallest absolute Gasteiger partial charge is 0.167 e. The summed E-state index contributed by atoms with van der Waals surface area (Å²) >= 11 is 1.91. The lowest BCUT2D eigenvalue weighted by atomic mass is 10.0. The molecule has 82 valence electrons. The van der Waals surface area contributed by atoms with Crippen LogP contribution in [0.2, 0.25) is 0 Å². The van der Waals surface area contributed by atoms with Gasteiger partial charge in [-0.1, -0.05) is 0 Å². The summed E-state index contributed by atoms with van der Waals surface area (Å²) in [6.07, 6.45) is 3.75. The first kappa shape index (κ1) is 10.8. The molecule has 1 saturated heterocycles. The van der Waals surface area contributed by atoms with Gasteiger partial charge in [0.2, 0.25) is 0 Å². The molecule has 0 aliphatic carbocycles. The molecule has 3 nitrogen and oxygen atoms in total. The lowest BCUT2D eigenvalue weighted by molar-refractivity contribution is 0.0971. The first-order chi connectivity index (χ1) is 7.27. The Morgan fingerprint density at radius 3 is 3.13 bits per heavy atom. The van der Waals surface area contributed by atoms with Crippen LogP contribution in [0.5, 0.6) is 0 Å². The number of rotatable bonds is 3. The molecule has 1 atom stereocenters. The minimum absolute atomic E-state index is 0.182. The fourth-order valence-electron chi connectivity index (χ4n) is 1.73. The molecule has 1 unspecified atom stereocenters. The van der Waals surface area contributed by atoms with Crippen molar-refractivity contribution in [2.45, 2.75) is 19.4 Å². The van der Waals surface area contributed by atoms with Crippen LogP contribution < -0.4 is 5.32 Å². The van der Waals surface area contributed by atoms with E-state index < -0.39 is 0 Å². The number of hydrogen-bond donors (Lipinski definition) is 1. The quantitative estimate of drug-likeness (QED) is 0.797. The molecule has 1 N–H and O–H groups in total. The Bertz CT molecular complexity index is 342. The normalized spacial score (nSPS) is 21.5. The molecule has 1 aliphatic rings. The fourth-order valence-corrected chi connectivity index (χ4v) is 2.68. The highest BCUT2D eigenvalue weighted by atomic mass is 32.2. The van der Waals surface area contributed by atoms with Gasteiger partial charge in [0, 0.05) is 30.5 Å². The summed E-state index contributed by atoms with van der Waals surface area (Å²) in [7, 11) is 0. The van der Waals surface area contributed by atoms with Crippen LogP contribution in [-0.2, 0) is 0 Å². The molecule has 2 heterocycles. The average molecular weight is 225 g/mol. The SMILES string of the molecule is Cc1cocc1C(=O)CC1CSCCN1. The molecule has 1 aliphatic heterocycles. The van der Waals surface area contributed by atoms with Crippen molar-refractivity contribution in [1.29, 1.82) is 0 Å². The van der Waals surface area contributed by atoms with Gasteiger partial charge in [-0.2, -0.15) is 11.8 Å². The Hall–Kier alpha value is -0.740. The minimum Gasteiger partial charge on any atom is -0.472 e. The Balaban J connectivity index is 1.94. The molecular formula is C11H15NO2S. The Labute approximate surface area is 93.6 Å². The van der Waals surface area contributed by atoms with Gasteiger partial charge in [-0.25, -0.2) is 0 Å². The lowest BCUT2D eigenvalue weighted by Crippen LogP contribution is -2.38. The van der Waals surface area contributed by atoms with Gasteiger partial charge in [0.25, 0.3) is 0 Å². The van der Waals surface area contributed by atoms with Gasteiger partial charge in [0.15, 0.2) is 5.78 Å². The second-order valence-electron chi connectivity index (χ2n) is 3.82. The summed E-state index contributed by atoms with van der Waals surface area (Å²) in [6, 6.07) is 0.325. The summed E-state index contributed by atoms with van der Waals surface area (Å²) in [5.41, 5.74) is 1.66. The largest absolute Gasteiger partial charge is 0.472 e. The molecule has 0 radical (unpaired) electrons. The average Bonchev–Trinajstić information content (AvgIpc) is 2.66. The van der Waals surface area contributed by atoms with E-state index in [0.29, 0.717) is 12.5 Å². The fraction of sp³-hybridized carbons (Fsp3) is 0.545. The molecule has 0 amide bonds. The highest BCUT2D eigenvalue weighted by molar-refractivity contribution is 7.99. The first-order valence-corrected chi connectivity index (χ1v) is 6.30. The number of carbonyl (C=O) groups is 1. The standard InChI is InChI=1S/C11H15NO2S/c1-8-5-14-6-10(8)11(13)4-9-7-15-3-2-12-9/h5-6,9,12H,2-4,7H2,1H3. The van der Waals surface area contributed by atoms with Crippen LogP contribution in [-0.4, -0.2) is 29.9 Å². The number of Topliss-reactive ketones (excluding diaryl/α,β-unsaturated/α-hetero) is 1. The zero-order chi connectivity index (χ0) is 10.7. The summed E-state index contributed by atoms with van der Waals surface area (Å²) < 4.78 is 5.01. The molecular weight excluding hydrogens is 210 g/mol. The topological polar surface area (TPSA) is 42.2 Å². The van der Waals surface area contributed by atoms with Gasteiger partial charge in [0.05, 0.1) is 11.8 Å². The van der Waals surface area contributed by atoms with Gasteiger partial charge < -0.3 is 9.73 Å². The predicted octanol–water partition coefficient (Wildman–Crippen LogP) is 1.87. The van der Waals surface area contributed by atoms with Crippen molar-refractivity contribution in [3.8, 4) is 0 Å². The highest BCUT2D eigenvalue weighted by Crippen LogP contribution is 2.16. The van der Waals surface area contributed by atoms with Crippen molar-refractivity contribution in [2.24, 2.45) is 0 Å². The second-order valence-corrected chi connectivity index (χ2v) is 4.97. The zero-order valence-electron chi connectivity index (χ0n) is 8.79. The van der Waals surface area contributed by atoms with E-state index in [1.54, 1.807) is 12.5 Å². The van der Waals surface area contributed by atoms with Gasteiger partial charge in [0.1, 0.15) is 6.26 Å². The molecule has 0 spiro atoms. The number of thioether (sulfide) groups is 1. The molecule has 1 fully saturated rings. The third kappa shape index (κ3) is 2.63. The molecule has 15 heavy (non-hydrogen) atoms. The van der Waals surface area contributed by atoms with E-state index in [0.717, 1.165) is 29.2 Å². The molecule has 0 aromatic carbocycles. The maximum Gasteiger partial charge on any atom is 0.167 e. The Kier molecular flexibility index (Phi) is 3.49. The van der Waals surface area contributed by atoms with Crippen LogP contribution in [0.25, 0.3) is 0 Å². The molecule has 2 rings (SSSR count). The Morgan fingerprint density at radius 2 is 2.53 bits per heavy atom. The van der Waals surface area contributed by atoms with Crippen LogP contribution in [0.15, 0.2) is 16.9 Å². The van der Waals surface area contributed by atoms with Crippen LogP contribution in [0, 0.1) is 6.92 Å². The maximum absolute atomic E-state index is 11.9. The lowest BCUT2D eigenvalue weighted by Gasteiger charge is -2.22. The zero-order valence-corrected chi connectivity index (χ0v) is 9.60. The van der Waals surface area contributed by atoms with Crippen LogP contribution >= 0.6 is 11.8 Å². The first-order valence-electron chi connectivity index (χ1n) is 5.14. The third-order valence-corrected chi connectivity index (χ3v) is 3.72. The summed E-state index contributed by atoms with van der Waals surface area (Å²) in [5.74, 6) is 2.36. The van der Waals surface area contributed by atoms with Gasteiger partial charge in [-0.3, -0.25) is 4.79 Å². The number of furan rings is 1. The van der Waals surface area contributed by atoms with E-state index in [4.69, 9.17) is 4.42 Å². The van der Waals surface area contributed by atoms with Crippen molar-refractivity contribution >= 4 is 17.5 Å².